The van der Waals surface area contributed by atoms with Gasteiger partial charge in [-0.3, -0.25) is 0 Å². The quantitative estimate of drug-likeness (QED) is 0.0845. The Morgan fingerprint density at radius 1 is 0.634 bits per heavy atom. The average molecular weight is 548 g/mol. The van der Waals surface area contributed by atoms with E-state index < -0.39 is 5.97 Å². The lowest BCUT2D eigenvalue weighted by Gasteiger charge is -2.09. The first-order valence-electron chi connectivity index (χ1n) is 14.4. The third kappa shape index (κ3) is 9.54. The summed E-state index contributed by atoms with van der Waals surface area (Å²) in [6.45, 7) is 3.45. The molecule has 0 radical (unpaired) electrons. The number of carbonyl (C=O) groups excluding carboxylic acids is 1. The van der Waals surface area contributed by atoms with Crippen LogP contribution < -0.4 is 14.2 Å². The van der Waals surface area contributed by atoms with Crippen LogP contribution in [0, 0.1) is 11.3 Å². The molecule has 210 valence electrons. The Bertz CT molecular complexity index is 1390. The third-order valence-electron chi connectivity index (χ3n) is 6.82. The summed E-state index contributed by atoms with van der Waals surface area (Å²) in [6.07, 6.45) is 7.54. The number of hydrogen-bond acceptors (Lipinski definition) is 5. The van der Waals surface area contributed by atoms with E-state index in [4.69, 9.17) is 19.5 Å². The molecule has 5 nitrogen and oxygen atoms in total. The normalized spacial score (nSPS) is 10.5. The lowest BCUT2D eigenvalue weighted by molar-refractivity contribution is 0.0734. The van der Waals surface area contributed by atoms with Crippen molar-refractivity contribution in [1.29, 1.82) is 5.26 Å². The second-order valence-electron chi connectivity index (χ2n) is 9.99. The van der Waals surface area contributed by atoms with Crippen LogP contribution >= 0.6 is 0 Å². The van der Waals surface area contributed by atoms with E-state index >= 15 is 0 Å². The van der Waals surface area contributed by atoms with Crippen molar-refractivity contribution in [3.05, 3.63) is 114 Å². The van der Waals surface area contributed by atoms with Crippen molar-refractivity contribution in [3.63, 3.8) is 0 Å². The van der Waals surface area contributed by atoms with Crippen LogP contribution in [0.1, 0.15) is 66.9 Å². The molecule has 0 fully saturated rings. The lowest BCUT2D eigenvalue weighted by Crippen LogP contribution is -2.08. The van der Waals surface area contributed by atoms with Gasteiger partial charge < -0.3 is 14.2 Å². The summed E-state index contributed by atoms with van der Waals surface area (Å²) in [5, 5.41) is 8.95. The number of hydrogen-bond donors (Lipinski definition) is 0. The lowest BCUT2D eigenvalue weighted by atomic mass is 10.0. The Balaban J connectivity index is 1.09. The van der Waals surface area contributed by atoms with Gasteiger partial charge in [0.25, 0.3) is 0 Å². The van der Waals surface area contributed by atoms with Crippen LogP contribution in [-0.2, 0) is 6.42 Å². The van der Waals surface area contributed by atoms with Gasteiger partial charge in [0.05, 0.1) is 30.4 Å². The van der Waals surface area contributed by atoms with E-state index in [0.29, 0.717) is 30.1 Å². The maximum atomic E-state index is 12.5. The number of rotatable bonds is 15. The predicted molar refractivity (Wildman–Crippen MR) is 163 cm³/mol. The van der Waals surface area contributed by atoms with Crippen molar-refractivity contribution in [2.24, 2.45) is 0 Å². The van der Waals surface area contributed by atoms with Crippen molar-refractivity contribution >= 4 is 5.97 Å². The van der Waals surface area contributed by atoms with Crippen LogP contribution in [-0.4, -0.2) is 19.2 Å². The molecule has 4 rings (SSSR count). The summed E-state index contributed by atoms with van der Waals surface area (Å²) in [7, 11) is 0. The summed E-state index contributed by atoms with van der Waals surface area (Å²) in [5.74, 6) is 1.60. The van der Waals surface area contributed by atoms with Crippen molar-refractivity contribution in [2.75, 3.05) is 13.2 Å². The van der Waals surface area contributed by atoms with Gasteiger partial charge in [-0.15, -0.1) is 0 Å². The molecule has 0 saturated carbocycles. The van der Waals surface area contributed by atoms with Gasteiger partial charge in [0.2, 0.25) is 0 Å². The summed E-state index contributed by atoms with van der Waals surface area (Å²) >= 11 is 0. The highest BCUT2D eigenvalue weighted by Crippen LogP contribution is 2.22. The number of ether oxygens (including phenoxy) is 3. The van der Waals surface area contributed by atoms with Crippen molar-refractivity contribution in [1.82, 2.24) is 0 Å². The second kappa shape index (κ2) is 15.9. The van der Waals surface area contributed by atoms with Gasteiger partial charge in [-0.1, -0.05) is 62.6 Å². The average Bonchev–Trinajstić information content (AvgIpc) is 3.02. The number of unbranched alkanes of at least 4 members (excludes halogenated alkanes) is 4. The minimum absolute atomic E-state index is 0.403. The first kappa shape index (κ1) is 29.4. The number of aryl methyl sites for hydroxylation is 1. The smallest absolute Gasteiger partial charge is 0.343 e. The van der Waals surface area contributed by atoms with Crippen molar-refractivity contribution < 1.29 is 19.0 Å². The minimum atomic E-state index is -0.403. The molecule has 0 saturated heterocycles. The summed E-state index contributed by atoms with van der Waals surface area (Å²) in [6, 6.07) is 32.7. The maximum Gasteiger partial charge on any atom is 0.343 e. The van der Waals surface area contributed by atoms with Crippen LogP contribution in [0.2, 0.25) is 0 Å². The van der Waals surface area contributed by atoms with E-state index in [9.17, 15) is 4.79 Å². The molecule has 0 aromatic heterocycles. The molecular formula is C36H37NO4. The predicted octanol–water partition coefficient (Wildman–Crippen LogP) is 8.81. The van der Waals surface area contributed by atoms with Gasteiger partial charge in [-0.2, -0.15) is 5.26 Å². The molecular weight excluding hydrogens is 510 g/mol. The SMILES string of the molecule is CCCCOc1ccc(OC(=O)c2ccc(OCCCCCCc3ccc(-c4ccc(C#N)cc4)cc3)cc2)cc1. The molecule has 0 bridgehead atoms. The standard InChI is InChI=1S/C36H37NO4/c1-2-3-25-39-34-21-23-35(24-22-34)41-36(38)32-17-19-33(20-18-32)40-26-7-5-4-6-8-28-9-13-30(14-10-28)31-15-11-29(27-37)12-16-31/h9-24H,2-8,25-26H2,1H3. The molecule has 5 heteroatoms. The van der Waals surface area contributed by atoms with Gasteiger partial charge in [0.1, 0.15) is 17.2 Å². The van der Waals surface area contributed by atoms with E-state index in [1.54, 1.807) is 24.3 Å². The molecule has 4 aromatic carbocycles. The minimum Gasteiger partial charge on any atom is -0.494 e. The number of nitrogens with zero attached hydrogens (tertiary/aromatic N) is 1. The Morgan fingerprint density at radius 2 is 1.17 bits per heavy atom. The molecule has 41 heavy (non-hydrogen) atoms. The van der Waals surface area contributed by atoms with Gasteiger partial charge in [0, 0.05) is 0 Å². The first-order valence-corrected chi connectivity index (χ1v) is 14.4. The molecule has 0 atom stereocenters. The van der Waals surface area contributed by atoms with Crippen LogP contribution in [0.5, 0.6) is 17.2 Å². The topological polar surface area (TPSA) is 68.6 Å². The zero-order valence-corrected chi connectivity index (χ0v) is 23.7. The molecule has 0 heterocycles. The monoisotopic (exact) mass is 547 g/mol. The van der Waals surface area contributed by atoms with E-state index in [2.05, 4.69) is 37.3 Å². The van der Waals surface area contributed by atoms with Gasteiger partial charge in [-0.25, -0.2) is 4.79 Å². The van der Waals surface area contributed by atoms with E-state index in [1.165, 1.54) is 11.1 Å². The van der Waals surface area contributed by atoms with Gasteiger partial charge >= 0.3 is 5.97 Å². The number of benzene rings is 4. The van der Waals surface area contributed by atoms with Crippen molar-refractivity contribution in [3.8, 4) is 34.4 Å². The molecule has 4 aromatic rings. The number of esters is 1. The fraction of sp³-hybridized carbons (Fsp3) is 0.278. The highest BCUT2D eigenvalue weighted by Gasteiger charge is 2.09. The highest BCUT2D eigenvalue weighted by molar-refractivity contribution is 5.91. The molecule has 0 aliphatic rings. The third-order valence-corrected chi connectivity index (χ3v) is 6.82. The van der Waals surface area contributed by atoms with E-state index in [1.807, 2.05) is 48.5 Å². The van der Waals surface area contributed by atoms with Gasteiger partial charge in [0.15, 0.2) is 0 Å². The zero-order chi connectivity index (χ0) is 28.7. The highest BCUT2D eigenvalue weighted by atomic mass is 16.5. The fourth-order valence-corrected chi connectivity index (χ4v) is 4.37. The fourth-order valence-electron chi connectivity index (χ4n) is 4.37. The zero-order valence-electron chi connectivity index (χ0n) is 23.7. The first-order chi connectivity index (χ1) is 20.1. The summed E-state index contributed by atoms with van der Waals surface area (Å²) in [5.41, 5.74) is 4.78. The van der Waals surface area contributed by atoms with Crippen LogP contribution in [0.3, 0.4) is 0 Å². The number of nitriles is 1. The van der Waals surface area contributed by atoms with Crippen LogP contribution in [0.15, 0.2) is 97.1 Å². The maximum absolute atomic E-state index is 12.5. The van der Waals surface area contributed by atoms with E-state index in [0.717, 1.165) is 62.0 Å². The largest absolute Gasteiger partial charge is 0.494 e. The number of carbonyl (C=O) groups is 1. The molecule has 0 spiro atoms. The molecule has 0 aliphatic heterocycles. The molecule has 0 amide bonds. The molecule has 0 unspecified atom stereocenters. The Morgan fingerprint density at radius 3 is 1.78 bits per heavy atom. The molecule has 0 aliphatic carbocycles. The van der Waals surface area contributed by atoms with Crippen molar-refractivity contribution in [2.45, 2.75) is 51.9 Å². The summed E-state index contributed by atoms with van der Waals surface area (Å²) in [4.78, 5) is 12.5. The van der Waals surface area contributed by atoms with Gasteiger partial charge in [-0.05, 0) is 103 Å². The summed E-state index contributed by atoms with van der Waals surface area (Å²) < 4.78 is 17.0. The molecule has 0 N–H and O–H groups in total. The van der Waals surface area contributed by atoms with Crippen LogP contribution in [0.25, 0.3) is 11.1 Å². The second-order valence-corrected chi connectivity index (χ2v) is 9.99. The Labute approximate surface area is 243 Å². The van der Waals surface area contributed by atoms with Crippen LogP contribution in [0.4, 0.5) is 0 Å². The Hall–Kier alpha value is -4.56. The van der Waals surface area contributed by atoms with E-state index in [-0.39, 0.29) is 0 Å². The Kier molecular flexibility index (Phi) is 11.4.